The number of aromatic amines is 1. The number of H-pyrrole nitrogens is 1. The van der Waals surface area contributed by atoms with E-state index in [1.807, 2.05) is 29.1 Å². The summed E-state index contributed by atoms with van der Waals surface area (Å²) in [5.41, 5.74) is 10.5. The van der Waals surface area contributed by atoms with E-state index >= 15 is 0 Å². The van der Waals surface area contributed by atoms with Gasteiger partial charge in [-0.2, -0.15) is 10.2 Å². The van der Waals surface area contributed by atoms with Crippen LogP contribution in [0.2, 0.25) is 0 Å². The van der Waals surface area contributed by atoms with Crippen molar-refractivity contribution in [3.8, 4) is 5.69 Å². The van der Waals surface area contributed by atoms with E-state index in [4.69, 9.17) is 10.7 Å². The molecule has 0 saturated carbocycles. The average molecular weight is 409 g/mol. The van der Waals surface area contributed by atoms with Crippen molar-refractivity contribution < 1.29 is 0 Å². The normalized spacial score (nSPS) is 11.4. The molecule has 0 amide bonds. The Labute approximate surface area is 173 Å². The molecule has 0 aliphatic heterocycles. The van der Waals surface area contributed by atoms with E-state index in [9.17, 15) is 0 Å². The Morgan fingerprint density at radius 3 is 2.69 bits per heavy atom. The highest BCUT2D eigenvalue weighted by molar-refractivity contribution is 7.99. The minimum absolute atomic E-state index is 0.296. The topological polar surface area (TPSA) is 110 Å². The molecule has 4 N–H and O–H groups in total. The molecule has 4 rings (SSSR count). The summed E-state index contributed by atoms with van der Waals surface area (Å²) >= 11 is 1.56. The van der Waals surface area contributed by atoms with Crippen LogP contribution in [0.15, 0.2) is 47.9 Å². The lowest BCUT2D eigenvalue weighted by Gasteiger charge is -2.10. The second-order valence-electron chi connectivity index (χ2n) is 6.95. The summed E-state index contributed by atoms with van der Waals surface area (Å²) in [6.45, 7) is 5.46. The molecule has 0 atom stereocenters. The van der Waals surface area contributed by atoms with Crippen molar-refractivity contribution in [2.45, 2.75) is 31.5 Å². The molecule has 0 fully saturated rings. The largest absolute Gasteiger partial charge is 0.364 e. The molecule has 3 heterocycles. The molecule has 1 aromatic carbocycles. The number of hydrogen-bond donors (Lipinski definition) is 3. The van der Waals surface area contributed by atoms with E-state index in [-0.39, 0.29) is 0 Å². The van der Waals surface area contributed by atoms with E-state index < -0.39 is 0 Å². The maximum Gasteiger partial charge on any atom is 0.190 e. The molecule has 0 saturated heterocycles. The highest BCUT2D eigenvalue weighted by Crippen LogP contribution is 2.28. The number of anilines is 1. The first-order chi connectivity index (χ1) is 14.2. The Bertz CT molecular complexity index is 1070. The summed E-state index contributed by atoms with van der Waals surface area (Å²) in [6, 6.07) is 10.2. The standard InChI is InChI=1S/C20H24N8S/c1-13(2)16-17-18(27-26-16)19(25-20(24-17)29-11-8-21)22-12-14-4-6-15(7-5-14)28-10-3-9-23-28/h3-7,9-10,13H,8,11-12,21H2,1-2H3,(H,26,27)(H,22,24,25). The highest BCUT2D eigenvalue weighted by Gasteiger charge is 2.17. The van der Waals surface area contributed by atoms with E-state index in [1.54, 1.807) is 18.0 Å². The zero-order valence-corrected chi connectivity index (χ0v) is 17.3. The first-order valence-corrected chi connectivity index (χ1v) is 10.6. The van der Waals surface area contributed by atoms with Crippen LogP contribution in [0.5, 0.6) is 0 Å². The van der Waals surface area contributed by atoms with Crippen molar-refractivity contribution in [1.82, 2.24) is 29.9 Å². The molecule has 9 heteroatoms. The molecule has 0 spiro atoms. The van der Waals surface area contributed by atoms with Crippen molar-refractivity contribution in [1.29, 1.82) is 0 Å². The van der Waals surface area contributed by atoms with Gasteiger partial charge in [-0.3, -0.25) is 5.10 Å². The average Bonchev–Trinajstić information content (AvgIpc) is 3.41. The smallest absolute Gasteiger partial charge is 0.190 e. The Balaban J connectivity index is 1.57. The summed E-state index contributed by atoms with van der Waals surface area (Å²) in [6.07, 6.45) is 3.70. The number of aromatic nitrogens is 6. The van der Waals surface area contributed by atoms with Crippen molar-refractivity contribution in [3.05, 3.63) is 54.0 Å². The number of nitrogens with two attached hydrogens (primary N) is 1. The molecular weight excluding hydrogens is 384 g/mol. The van der Waals surface area contributed by atoms with Crippen LogP contribution >= 0.6 is 11.8 Å². The third-order valence-electron chi connectivity index (χ3n) is 4.50. The van der Waals surface area contributed by atoms with Gasteiger partial charge in [-0.25, -0.2) is 14.6 Å². The van der Waals surface area contributed by atoms with Gasteiger partial charge in [-0.1, -0.05) is 37.7 Å². The van der Waals surface area contributed by atoms with Crippen LogP contribution < -0.4 is 11.1 Å². The minimum Gasteiger partial charge on any atom is -0.364 e. The van der Waals surface area contributed by atoms with Gasteiger partial charge in [0.05, 0.1) is 11.4 Å². The molecule has 4 aromatic rings. The molecule has 0 unspecified atom stereocenters. The molecule has 0 aliphatic carbocycles. The maximum atomic E-state index is 5.65. The molecule has 150 valence electrons. The fourth-order valence-electron chi connectivity index (χ4n) is 3.01. The fourth-order valence-corrected chi connectivity index (χ4v) is 3.62. The van der Waals surface area contributed by atoms with E-state index in [1.165, 1.54) is 0 Å². The zero-order valence-electron chi connectivity index (χ0n) is 16.5. The van der Waals surface area contributed by atoms with Gasteiger partial charge >= 0.3 is 0 Å². The number of hydrogen-bond acceptors (Lipinski definition) is 7. The van der Waals surface area contributed by atoms with Gasteiger partial charge in [0.25, 0.3) is 0 Å². The van der Waals surface area contributed by atoms with Crippen LogP contribution in [0.3, 0.4) is 0 Å². The summed E-state index contributed by atoms with van der Waals surface area (Å²) < 4.78 is 1.84. The van der Waals surface area contributed by atoms with Gasteiger partial charge in [-0.05, 0) is 29.7 Å². The lowest BCUT2D eigenvalue weighted by molar-refractivity contribution is 0.814. The van der Waals surface area contributed by atoms with E-state index in [0.717, 1.165) is 39.5 Å². The maximum absolute atomic E-state index is 5.65. The molecule has 0 bridgehead atoms. The third-order valence-corrected chi connectivity index (χ3v) is 5.38. The van der Waals surface area contributed by atoms with Gasteiger partial charge in [0.1, 0.15) is 5.52 Å². The van der Waals surface area contributed by atoms with Gasteiger partial charge in [0.2, 0.25) is 0 Å². The van der Waals surface area contributed by atoms with Crippen molar-refractivity contribution in [2.75, 3.05) is 17.6 Å². The molecule has 8 nitrogen and oxygen atoms in total. The molecule has 0 aliphatic rings. The summed E-state index contributed by atoms with van der Waals surface area (Å²) in [5, 5.41) is 16.0. The van der Waals surface area contributed by atoms with Crippen LogP contribution in [0, 0.1) is 0 Å². The number of rotatable bonds is 8. The van der Waals surface area contributed by atoms with Gasteiger partial charge in [0, 0.05) is 31.2 Å². The van der Waals surface area contributed by atoms with Crippen molar-refractivity contribution in [2.24, 2.45) is 5.73 Å². The van der Waals surface area contributed by atoms with E-state index in [0.29, 0.717) is 24.2 Å². The summed E-state index contributed by atoms with van der Waals surface area (Å²) in [4.78, 5) is 9.38. The summed E-state index contributed by atoms with van der Waals surface area (Å²) in [5.74, 6) is 1.80. The molecule has 3 aromatic heterocycles. The van der Waals surface area contributed by atoms with Gasteiger partial charge in [-0.15, -0.1) is 0 Å². The predicted octanol–water partition coefficient (Wildman–Crippen LogP) is 3.32. The van der Waals surface area contributed by atoms with Crippen LogP contribution in [-0.2, 0) is 6.54 Å². The second kappa shape index (κ2) is 8.62. The molecular formula is C20H24N8S. The molecule has 0 radical (unpaired) electrons. The van der Waals surface area contributed by atoms with Crippen LogP contribution in [-0.4, -0.2) is 42.2 Å². The second-order valence-corrected chi connectivity index (χ2v) is 8.01. The number of nitrogens with one attached hydrogen (secondary N) is 2. The number of benzene rings is 1. The Morgan fingerprint density at radius 1 is 1.17 bits per heavy atom. The fraction of sp³-hybridized carbons (Fsp3) is 0.300. The number of fused-ring (bicyclic) bond motifs is 1. The number of nitrogens with zero attached hydrogens (tertiary/aromatic N) is 5. The van der Waals surface area contributed by atoms with Crippen molar-refractivity contribution in [3.63, 3.8) is 0 Å². The molecule has 29 heavy (non-hydrogen) atoms. The van der Waals surface area contributed by atoms with Gasteiger partial charge in [0.15, 0.2) is 16.5 Å². The van der Waals surface area contributed by atoms with Crippen molar-refractivity contribution >= 4 is 28.6 Å². The monoisotopic (exact) mass is 408 g/mol. The Hall–Kier alpha value is -2.91. The van der Waals surface area contributed by atoms with E-state index in [2.05, 4.69) is 51.6 Å². The first kappa shape index (κ1) is 19.4. The first-order valence-electron chi connectivity index (χ1n) is 9.57. The van der Waals surface area contributed by atoms with Crippen LogP contribution in [0.4, 0.5) is 5.82 Å². The van der Waals surface area contributed by atoms with Crippen LogP contribution in [0.25, 0.3) is 16.7 Å². The number of thioether (sulfide) groups is 1. The third kappa shape index (κ3) is 4.25. The van der Waals surface area contributed by atoms with Gasteiger partial charge < -0.3 is 11.1 Å². The summed E-state index contributed by atoms with van der Waals surface area (Å²) in [7, 11) is 0. The zero-order chi connectivity index (χ0) is 20.2. The Morgan fingerprint density at radius 2 is 2.00 bits per heavy atom. The SMILES string of the molecule is CC(C)c1[nH]nc2c(NCc3ccc(-n4cccn4)cc3)nc(SCCN)nc12. The Kier molecular flexibility index (Phi) is 5.77. The predicted molar refractivity (Wildman–Crippen MR) is 116 cm³/mol. The minimum atomic E-state index is 0.296. The highest BCUT2D eigenvalue weighted by atomic mass is 32.2. The lowest BCUT2D eigenvalue weighted by atomic mass is 10.1. The van der Waals surface area contributed by atoms with Crippen LogP contribution in [0.1, 0.15) is 31.0 Å². The quantitative estimate of drug-likeness (QED) is 0.303. The lowest BCUT2D eigenvalue weighted by Crippen LogP contribution is -2.06.